The van der Waals surface area contributed by atoms with E-state index in [-0.39, 0.29) is 10.8 Å². The Morgan fingerprint density at radius 2 is 1.91 bits per heavy atom. The molecule has 170 valence electrons. The first-order valence-corrected chi connectivity index (χ1v) is 11.9. The number of aromatic nitrogens is 3. The lowest BCUT2D eigenvalue weighted by atomic mass is 9.81. The molecular weight excluding hydrogens is 430 g/mol. The van der Waals surface area contributed by atoms with Gasteiger partial charge in [-0.15, -0.1) is 0 Å². The summed E-state index contributed by atoms with van der Waals surface area (Å²) in [4.78, 5) is 9.19. The van der Waals surface area contributed by atoms with Crippen molar-refractivity contribution in [3.05, 3.63) is 36.5 Å². The second kappa shape index (κ2) is 8.40. The van der Waals surface area contributed by atoms with Crippen molar-refractivity contribution >= 4 is 44.4 Å². The molecule has 2 aromatic heterocycles. The zero-order valence-corrected chi connectivity index (χ0v) is 18.9. The Morgan fingerprint density at radius 3 is 2.50 bits per heavy atom. The molecule has 0 aliphatic heterocycles. The van der Waals surface area contributed by atoms with Gasteiger partial charge in [-0.2, -0.15) is 4.98 Å². The maximum Gasteiger partial charge on any atom is 0.238 e. The van der Waals surface area contributed by atoms with Gasteiger partial charge in [-0.3, -0.25) is 9.98 Å². The van der Waals surface area contributed by atoms with Crippen molar-refractivity contribution in [2.75, 3.05) is 24.8 Å². The standard InChI is InChI=1S/C21H27N7O3S/c1-24-17-12-14-13-25-20(26-15-6-8-16(9-7-15)32(23,29)30)27-18(14)28(17)21(19(22)31-2)10-4-3-5-11-21/h6-9,12-13,22,24H,3-5,10-11H2,1-2H3,(H2,23,29,30)(H,25,26,27). The summed E-state index contributed by atoms with van der Waals surface area (Å²) in [6, 6.07) is 8.03. The maximum atomic E-state index is 11.5. The molecule has 1 fully saturated rings. The van der Waals surface area contributed by atoms with Crippen LogP contribution in [0.3, 0.4) is 0 Å². The Balaban J connectivity index is 1.78. The molecule has 0 atom stereocenters. The monoisotopic (exact) mass is 457 g/mol. The van der Waals surface area contributed by atoms with E-state index in [1.165, 1.54) is 19.2 Å². The smallest absolute Gasteiger partial charge is 0.238 e. The van der Waals surface area contributed by atoms with Crippen LogP contribution in [-0.2, 0) is 20.3 Å². The Labute approximate surface area is 186 Å². The first-order chi connectivity index (χ1) is 15.3. The fourth-order valence-corrected chi connectivity index (χ4v) is 4.92. The normalized spacial score (nSPS) is 16.0. The van der Waals surface area contributed by atoms with Gasteiger partial charge in [0.25, 0.3) is 0 Å². The van der Waals surface area contributed by atoms with Crippen molar-refractivity contribution in [1.29, 1.82) is 5.41 Å². The molecule has 1 aliphatic rings. The number of ether oxygens (including phenoxy) is 1. The van der Waals surface area contributed by atoms with Crippen LogP contribution in [0.1, 0.15) is 32.1 Å². The number of methoxy groups -OCH3 is 1. The Kier molecular flexibility index (Phi) is 5.78. The van der Waals surface area contributed by atoms with E-state index in [2.05, 4.69) is 20.2 Å². The zero-order valence-electron chi connectivity index (χ0n) is 18.1. The van der Waals surface area contributed by atoms with Gasteiger partial charge in [-0.1, -0.05) is 19.3 Å². The third kappa shape index (κ3) is 3.89. The molecule has 0 spiro atoms. The Bertz CT molecular complexity index is 1250. The lowest BCUT2D eigenvalue weighted by Gasteiger charge is -2.39. The van der Waals surface area contributed by atoms with Gasteiger partial charge in [0.05, 0.1) is 12.0 Å². The van der Waals surface area contributed by atoms with Crippen LogP contribution in [0.5, 0.6) is 0 Å². The number of benzene rings is 1. The first kappa shape index (κ1) is 22.0. The van der Waals surface area contributed by atoms with Crippen molar-refractivity contribution in [2.24, 2.45) is 5.14 Å². The van der Waals surface area contributed by atoms with Gasteiger partial charge in [0.1, 0.15) is 17.0 Å². The van der Waals surface area contributed by atoms with Crippen LogP contribution in [-0.4, -0.2) is 43.0 Å². The van der Waals surface area contributed by atoms with Crippen molar-refractivity contribution in [3.8, 4) is 0 Å². The van der Waals surface area contributed by atoms with Crippen LogP contribution in [0.15, 0.2) is 41.4 Å². The quantitative estimate of drug-likeness (QED) is 0.328. The van der Waals surface area contributed by atoms with Crippen molar-refractivity contribution < 1.29 is 13.2 Å². The van der Waals surface area contributed by atoms with E-state index in [0.29, 0.717) is 17.3 Å². The topological polar surface area (TPSA) is 148 Å². The third-order valence-electron chi connectivity index (χ3n) is 5.97. The summed E-state index contributed by atoms with van der Waals surface area (Å²) in [7, 11) is -0.375. The largest absolute Gasteiger partial charge is 0.483 e. The van der Waals surface area contributed by atoms with Crippen LogP contribution in [0.4, 0.5) is 17.5 Å². The minimum Gasteiger partial charge on any atom is -0.483 e. The molecule has 11 heteroatoms. The van der Waals surface area contributed by atoms with Gasteiger partial charge >= 0.3 is 0 Å². The molecule has 0 unspecified atom stereocenters. The summed E-state index contributed by atoms with van der Waals surface area (Å²) in [5.74, 6) is 1.42. The summed E-state index contributed by atoms with van der Waals surface area (Å²) in [5, 5.41) is 21.0. The molecule has 1 aromatic carbocycles. The van der Waals surface area contributed by atoms with Gasteiger partial charge in [-0.05, 0) is 43.2 Å². The number of fused-ring (bicyclic) bond motifs is 1. The van der Waals surface area contributed by atoms with Crippen LogP contribution in [0.2, 0.25) is 0 Å². The molecule has 10 nitrogen and oxygen atoms in total. The van der Waals surface area contributed by atoms with Gasteiger partial charge in [0, 0.05) is 24.3 Å². The van der Waals surface area contributed by atoms with E-state index in [4.69, 9.17) is 20.3 Å². The highest BCUT2D eigenvalue weighted by Crippen LogP contribution is 2.41. The van der Waals surface area contributed by atoms with Crippen LogP contribution in [0, 0.1) is 5.41 Å². The molecule has 0 radical (unpaired) electrons. The number of nitrogens with one attached hydrogen (secondary N) is 3. The summed E-state index contributed by atoms with van der Waals surface area (Å²) >= 11 is 0. The minimum atomic E-state index is -3.76. The van der Waals surface area contributed by atoms with Crippen molar-refractivity contribution in [3.63, 3.8) is 0 Å². The zero-order chi connectivity index (χ0) is 22.9. The van der Waals surface area contributed by atoms with Crippen LogP contribution in [0.25, 0.3) is 11.0 Å². The molecule has 4 rings (SSSR count). The molecule has 0 saturated heterocycles. The Morgan fingerprint density at radius 1 is 1.22 bits per heavy atom. The molecule has 1 aliphatic carbocycles. The lowest BCUT2D eigenvalue weighted by Crippen LogP contribution is -2.44. The first-order valence-electron chi connectivity index (χ1n) is 10.4. The molecule has 5 N–H and O–H groups in total. The third-order valence-corrected chi connectivity index (χ3v) is 6.90. The number of hydrogen-bond donors (Lipinski definition) is 4. The lowest BCUT2D eigenvalue weighted by molar-refractivity contribution is 0.228. The fraction of sp³-hybridized carbons (Fsp3) is 0.381. The molecule has 32 heavy (non-hydrogen) atoms. The predicted molar refractivity (Wildman–Crippen MR) is 124 cm³/mol. The van der Waals surface area contributed by atoms with E-state index in [1.54, 1.807) is 18.3 Å². The number of hydrogen-bond acceptors (Lipinski definition) is 8. The number of nitrogens with zero attached hydrogens (tertiary/aromatic N) is 3. The summed E-state index contributed by atoms with van der Waals surface area (Å²) < 4.78 is 30.5. The minimum absolute atomic E-state index is 0.0317. The second-order valence-corrected chi connectivity index (χ2v) is 9.47. The average Bonchev–Trinajstić information content (AvgIpc) is 3.17. The van der Waals surface area contributed by atoms with Gasteiger partial charge < -0.3 is 15.4 Å². The number of anilines is 3. The average molecular weight is 458 g/mol. The van der Waals surface area contributed by atoms with E-state index in [1.807, 2.05) is 13.1 Å². The molecule has 0 bridgehead atoms. The maximum absolute atomic E-state index is 11.5. The van der Waals surface area contributed by atoms with E-state index >= 15 is 0 Å². The van der Waals surface area contributed by atoms with Gasteiger partial charge in [0.15, 0.2) is 0 Å². The fourth-order valence-electron chi connectivity index (χ4n) is 4.40. The van der Waals surface area contributed by atoms with Gasteiger partial charge in [0.2, 0.25) is 21.9 Å². The Hall–Kier alpha value is -3.18. The van der Waals surface area contributed by atoms with E-state index in [9.17, 15) is 8.42 Å². The highest BCUT2D eigenvalue weighted by atomic mass is 32.2. The van der Waals surface area contributed by atoms with Crippen molar-refractivity contribution in [1.82, 2.24) is 14.5 Å². The molecule has 3 aromatic rings. The van der Waals surface area contributed by atoms with E-state index < -0.39 is 15.6 Å². The second-order valence-electron chi connectivity index (χ2n) is 7.91. The molecule has 0 amide bonds. The number of nitrogens with two attached hydrogens (primary N) is 1. The number of rotatable bonds is 6. The summed E-state index contributed by atoms with van der Waals surface area (Å²) in [6.45, 7) is 0. The highest BCUT2D eigenvalue weighted by molar-refractivity contribution is 7.89. The highest BCUT2D eigenvalue weighted by Gasteiger charge is 2.42. The van der Waals surface area contributed by atoms with E-state index in [0.717, 1.165) is 43.3 Å². The van der Waals surface area contributed by atoms with Crippen molar-refractivity contribution in [2.45, 2.75) is 42.5 Å². The molecule has 2 heterocycles. The van der Waals surface area contributed by atoms with Crippen LogP contribution >= 0.6 is 0 Å². The SMILES string of the molecule is CNc1cc2cnc(Nc3ccc(S(N)(=O)=O)cc3)nc2n1C1(C(=N)OC)CCCCC1. The summed E-state index contributed by atoms with van der Waals surface area (Å²) in [6.07, 6.45) is 6.44. The van der Waals surface area contributed by atoms with Gasteiger partial charge in [-0.25, -0.2) is 18.5 Å². The molecular formula is C21H27N7O3S. The summed E-state index contributed by atoms with van der Waals surface area (Å²) in [5.41, 5.74) is 0.702. The molecule has 1 saturated carbocycles. The van der Waals surface area contributed by atoms with Crippen LogP contribution < -0.4 is 15.8 Å². The number of sulfonamides is 1. The predicted octanol–water partition coefficient (Wildman–Crippen LogP) is 3.15. The number of primary sulfonamides is 1.